The number of carboxylic acid groups (broad SMARTS) is 1. The van der Waals surface area contributed by atoms with E-state index in [1.165, 1.54) is 0 Å². The summed E-state index contributed by atoms with van der Waals surface area (Å²) in [4.78, 5) is 14.7. The minimum absolute atomic E-state index is 0. The van der Waals surface area contributed by atoms with Gasteiger partial charge in [-0.05, 0) is 23.3 Å². The van der Waals surface area contributed by atoms with Crippen molar-refractivity contribution in [2.45, 2.75) is 17.4 Å². The molecule has 2 aromatic carbocycles. The molecule has 0 radical (unpaired) electrons. The number of aliphatic carboxylic acids is 1. The molecule has 0 aliphatic carbocycles. The molecule has 0 saturated carbocycles. The van der Waals surface area contributed by atoms with Crippen molar-refractivity contribution in [1.29, 1.82) is 0 Å². The van der Waals surface area contributed by atoms with Gasteiger partial charge in [0, 0.05) is 12.6 Å². The van der Waals surface area contributed by atoms with Crippen LogP contribution in [0.4, 0.5) is 0 Å². The van der Waals surface area contributed by atoms with Crippen molar-refractivity contribution in [3.63, 3.8) is 0 Å². The van der Waals surface area contributed by atoms with E-state index in [0.717, 1.165) is 30.0 Å². The van der Waals surface area contributed by atoms with Crippen molar-refractivity contribution >= 4 is 22.3 Å². The van der Waals surface area contributed by atoms with E-state index >= 15 is 0 Å². The number of hydrogen-bond donors (Lipinski definition) is 2. The van der Waals surface area contributed by atoms with Gasteiger partial charge in [-0.15, -0.1) is 0 Å². The van der Waals surface area contributed by atoms with Crippen molar-refractivity contribution in [2.24, 2.45) is 4.99 Å². The van der Waals surface area contributed by atoms with Crippen LogP contribution in [0.1, 0.15) is 11.1 Å². The van der Waals surface area contributed by atoms with E-state index in [1.54, 1.807) is 30.3 Å². The van der Waals surface area contributed by atoms with E-state index in [2.05, 4.69) is 4.99 Å². The maximum atomic E-state index is 11.7. The summed E-state index contributed by atoms with van der Waals surface area (Å²) in [6.45, 7) is 0. The van der Waals surface area contributed by atoms with E-state index in [9.17, 15) is 23.4 Å². The molecule has 7 nitrogen and oxygen atoms in total. The average Bonchev–Trinajstić information content (AvgIpc) is 2.52. The summed E-state index contributed by atoms with van der Waals surface area (Å²) in [5.41, 5.74) is 0.639. The first-order chi connectivity index (χ1) is 11.3. The third-order valence-electron chi connectivity index (χ3n) is 3.23. The van der Waals surface area contributed by atoms with E-state index in [0.29, 0.717) is 0 Å². The van der Waals surface area contributed by atoms with Gasteiger partial charge < -0.3 is 10.2 Å². The molecule has 9 heteroatoms. The van der Waals surface area contributed by atoms with Crippen molar-refractivity contribution < 1.29 is 57.5 Å². The smallest absolute Gasteiger partial charge is 0.872 e. The van der Waals surface area contributed by atoms with Crippen LogP contribution in [-0.4, -0.2) is 36.3 Å². The molecule has 0 aliphatic heterocycles. The minimum Gasteiger partial charge on any atom is -0.872 e. The monoisotopic (exact) mass is 371 g/mol. The van der Waals surface area contributed by atoms with Crippen molar-refractivity contribution in [2.75, 3.05) is 0 Å². The summed E-state index contributed by atoms with van der Waals surface area (Å²) in [7, 11) is -4.46. The fraction of sp³-hybridized carbons (Fsp3) is 0.125. The Morgan fingerprint density at radius 1 is 1.20 bits per heavy atom. The zero-order valence-electron chi connectivity index (χ0n) is 13.4. The maximum Gasteiger partial charge on any atom is 1.00 e. The molecule has 0 fully saturated rings. The van der Waals surface area contributed by atoms with Gasteiger partial charge in [0.1, 0.15) is 0 Å². The number of rotatable bonds is 6. The maximum absolute atomic E-state index is 11.7. The zero-order valence-corrected chi connectivity index (χ0v) is 16.2. The van der Waals surface area contributed by atoms with Gasteiger partial charge in [0.2, 0.25) is 0 Å². The standard InChI is InChI=1S/C16H15NO6S.Na/c18-15-7-6-13(24(21,22)23)9-12(15)10-17-14(16(19)20)8-11-4-2-1-3-5-11;/h1-7,9-10,14,18H,8H2,(H,19,20)(H,21,22,23);/q;+1/p-1. The summed E-state index contributed by atoms with van der Waals surface area (Å²) < 4.78 is 31.2. The number of nitrogens with zero attached hydrogens (tertiary/aromatic N) is 1. The third kappa shape index (κ3) is 6.26. The molecular weight excluding hydrogens is 357 g/mol. The third-order valence-corrected chi connectivity index (χ3v) is 4.08. The number of benzene rings is 2. The molecule has 1 unspecified atom stereocenters. The summed E-state index contributed by atoms with van der Waals surface area (Å²) in [6, 6.07) is 10.6. The number of carbonyl (C=O) groups is 1. The molecule has 0 saturated heterocycles. The first-order valence-corrected chi connectivity index (χ1v) is 8.30. The summed E-state index contributed by atoms with van der Waals surface area (Å²) >= 11 is 0. The normalized spacial score (nSPS) is 12.5. The van der Waals surface area contributed by atoms with Gasteiger partial charge >= 0.3 is 35.5 Å². The first-order valence-electron chi connectivity index (χ1n) is 6.86. The second-order valence-electron chi connectivity index (χ2n) is 5.00. The molecular formula is C16H14NNaO6S. The molecule has 2 rings (SSSR count). The predicted molar refractivity (Wildman–Crippen MR) is 84.9 cm³/mol. The summed E-state index contributed by atoms with van der Waals surface area (Å²) in [5.74, 6) is -1.71. The van der Waals surface area contributed by atoms with Crippen molar-refractivity contribution in [3.8, 4) is 5.75 Å². The van der Waals surface area contributed by atoms with E-state index in [4.69, 9.17) is 4.55 Å². The predicted octanol–water partition coefficient (Wildman–Crippen LogP) is -1.87. The largest absolute Gasteiger partial charge is 1.00 e. The van der Waals surface area contributed by atoms with Gasteiger partial charge in [-0.2, -0.15) is 8.42 Å². The Kier molecular flexibility index (Phi) is 7.78. The number of hydrogen-bond acceptors (Lipinski definition) is 5. The molecule has 2 aromatic rings. The Morgan fingerprint density at radius 3 is 2.40 bits per heavy atom. The molecule has 2 N–H and O–H groups in total. The Morgan fingerprint density at radius 2 is 1.84 bits per heavy atom. The Labute approximate surface area is 167 Å². The van der Waals surface area contributed by atoms with Gasteiger partial charge in [0.05, 0.1) is 4.90 Å². The first kappa shape index (κ1) is 21.3. The average molecular weight is 371 g/mol. The van der Waals surface area contributed by atoms with Crippen LogP contribution in [-0.2, 0) is 21.3 Å². The molecule has 126 valence electrons. The van der Waals surface area contributed by atoms with E-state index in [1.807, 2.05) is 0 Å². The molecule has 1 atom stereocenters. The minimum atomic E-state index is -4.46. The fourth-order valence-electron chi connectivity index (χ4n) is 2.00. The summed E-state index contributed by atoms with van der Waals surface area (Å²) in [5, 5.41) is 21.0. The van der Waals surface area contributed by atoms with Crippen LogP contribution in [0.3, 0.4) is 0 Å². The molecule has 0 aliphatic rings. The molecule has 0 spiro atoms. The van der Waals surface area contributed by atoms with Crippen LogP contribution in [0, 0.1) is 0 Å². The Bertz CT molecular complexity index is 867. The quantitative estimate of drug-likeness (QED) is 0.348. The fourth-order valence-corrected chi connectivity index (χ4v) is 2.52. The van der Waals surface area contributed by atoms with Crippen LogP contribution in [0.15, 0.2) is 58.4 Å². The van der Waals surface area contributed by atoms with Crippen molar-refractivity contribution in [3.05, 3.63) is 59.7 Å². The molecule has 0 heterocycles. The second-order valence-corrected chi connectivity index (χ2v) is 6.42. The molecule has 0 bridgehead atoms. The van der Waals surface area contributed by atoms with Crippen molar-refractivity contribution in [1.82, 2.24) is 0 Å². The van der Waals surface area contributed by atoms with Crippen LogP contribution in [0.2, 0.25) is 0 Å². The van der Waals surface area contributed by atoms with Crippen LogP contribution < -0.4 is 34.7 Å². The number of carboxylic acids is 1. The molecule has 25 heavy (non-hydrogen) atoms. The van der Waals surface area contributed by atoms with Gasteiger partial charge in [0.25, 0.3) is 10.1 Å². The van der Waals surface area contributed by atoms with E-state index < -0.39 is 32.8 Å². The van der Waals surface area contributed by atoms with Crippen LogP contribution >= 0.6 is 0 Å². The van der Waals surface area contributed by atoms with Crippen LogP contribution in [0.5, 0.6) is 5.75 Å². The summed E-state index contributed by atoms with van der Waals surface area (Å²) in [6.07, 6.45) is 1.14. The number of aliphatic imine (C=N–C) groups is 1. The Hall–Kier alpha value is -1.71. The SMILES string of the molecule is O=C(O)C(Cc1ccccc1)N=Cc1cc(S(=O)(=O)O)ccc1[O-].[Na+]. The van der Waals surface area contributed by atoms with Gasteiger partial charge in [-0.3, -0.25) is 9.55 Å². The zero-order chi connectivity index (χ0) is 17.7. The topological polar surface area (TPSA) is 127 Å². The Balaban J connectivity index is 0.00000312. The van der Waals surface area contributed by atoms with Crippen LogP contribution in [0.25, 0.3) is 0 Å². The van der Waals surface area contributed by atoms with Gasteiger partial charge in [-0.25, -0.2) is 4.79 Å². The second kappa shape index (κ2) is 9.12. The van der Waals surface area contributed by atoms with E-state index in [-0.39, 0.29) is 41.5 Å². The van der Waals surface area contributed by atoms with Gasteiger partial charge in [-0.1, -0.05) is 42.1 Å². The molecule has 0 amide bonds. The van der Waals surface area contributed by atoms with Gasteiger partial charge in [0.15, 0.2) is 6.04 Å². The molecule has 0 aromatic heterocycles.